The summed E-state index contributed by atoms with van der Waals surface area (Å²) < 4.78 is 5.59. The van der Waals surface area contributed by atoms with Gasteiger partial charge in [0.25, 0.3) is 0 Å². The predicted molar refractivity (Wildman–Crippen MR) is 53.9 cm³/mol. The molecule has 0 saturated carbocycles. The van der Waals surface area contributed by atoms with Crippen molar-refractivity contribution in [3.63, 3.8) is 0 Å². The number of halogens is 1. The molecule has 3 heteroatoms. The fourth-order valence-corrected chi connectivity index (χ4v) is 1.25. The predicted octanol–water partition coefficient (Wildman–Crippen LogP) is 1.75. The van der Waals surface area contributed by atoms with Crippen LogP contribution in [0.25, 0.3) is 0 Å². The number of hydrogen-bond donors (Lipinski definition) is 1. The molecule has 12 heavy (non-hydrogen) atoms. The molecule has 1 atom stereocenters. The summed E-state index contributed by atoms with van der Waals surface area (Å²) in [5.41, 5.74) is 0. The summed E-state index contributed by atoms with van der Waals surface area (Å²) in [7, 11) is 0. The molecule has 1 saturated heterocycles. The Balaban J connectivity index is 0.00000121. The SMILES string of the molecule is C=CCCCOC1CCNC1.Cl. The van der Waals surface area contributed by atoms with Crippen molar-refractivity contribution in [2.75, 3.05) is 19.7 Å². The van der Waals surface area contributed by atoms with Crippen LogP contribution in [0.2, 0.25) is 0 Å². The molecule has 0 radical (unpaired) electrons. The van der Waals surface area contributed by atoms with Gasteiger partial charge >= 0.3 is 0 Å². The van der Waals surface area contributed by atoms with Gasteiger partial charge in [0.15, 0.2) is 0 Å². The molecular weight excluding hydrogens is 174 g/mol. The number of hydrogen-bond acceptors (Lipinski definition) is 2. The molecule has 1 unspecified atom stereocenters. The third-order valence-corrected chi connectivity index (χ3v) is 1.92. The highest BCUT2D eigenvalue weighted by atomic mass is 35.5. The van der Waals surface area contributed by atoms with Crippen molar-refractivity contribution in [3.05, 3.63) is 12.7 Å². The standard InChI is InChI=1S/C9H17NO.ClH/c1-2-3-4-7-11-9-5-6-10-8-9;/h2,9-10H,1,3-8H2;1H. The summed E-state index contributed by atoms with van der Waals surface area (Å²) in [6.07, 6.45) is 5.77. The topological polar surface area (TPSA) is 21.3 Å². The summed E-state index contributed by atoms with van der Waals surface area (Å²) >= 11 is 0. The smallest absolute Gasteiger partial charge is 0.0711 e. The molecule has 0 aromatic carbocycles. The fraction of sp³-hybridized carbons (Fsp3) is 0.778. The molecule has 0 spiro atoms. The average molecular weight is 192 g/mol. The summed E-state index contributed by atoms with van der Waals surface area (Å²) in [4.78, 5) is 0. The highest BCUT2D eigenvalue weighted by Crippen LogP contribution is 2.03. The van der Waals surface area contributed by atoms with Crippen LogP contribution in [0.15, 0.2) is 12.7 Å². The lowest BCUT2D eigenvalue weighted by molar-refractivity contribution is 0.0658. The minimum atomic E-state index is 0. The van der Waals surface area contributed by atoms with E-state index in [1.54, 1.807) is 0 Å². The average Bonchev–Trinajstić information content (AvgIpc) is 2.50. The van der Waals surface area contributed by atoms with Gasteiger partial charge in [-0.05, 0) is 25.8 Å². The zero-order valence-corrected chi connectivity index (χ0v) is 8.24. The van der Waals surface area contributed by atoms with Crippen molar-refractivity contribution in [1.29, 1.82) is 0 Å². The van der Waals surface area contributed by atoms with E-state index in [4.69, 9.17) is 4.74 Å². The normalized spacial score (nSPS) is 21.8. The summed E-state index contributed by atoms with van der Waals surface area (Å²) in [5.74, 6) is 0. The number of rotatable bonds is 5. The maximum Gasteiger partial charge on any atom is 0.0711 e. The molecule has 1 N–H and O–H groups in total. The van der Waals surface area contributed by atoms with Gasteiger partial charge in [0.2, 0.25) is 0 Å². The second kappa shape index (κ2) is 7.59. The third-order valence-electron chi connectivity index (χ3n) is 1.92. The Morgan fingerprint density at radius 2 is 2.42 bits per heavy atom. The quantitative estimate of drug-likeness (QED) is 0.528. The highest BCUT2D eigenvalue weighted by molar-refractivity contribution is 5.85. The van der Waals surface area contributed by atoms with Crippen LogP contribution in [0.1, 0.15) is 19.3 Å². The Morgan fingerprint density at radius 3 is 3.00 bits per heavy atom. The zero-order valence-electron chi connectivity index (χ0n) is 7.42. The van der Waals surface area contributed by atoms with Gasteiger partial charge in [0.05, 0.1) is 6.10 Å². The van der Waals surface area contributed by atoms with E-state index in [0.29, 0.717) is 6.10 Å². The Labute approximate surface area is 80.8 Å². The van der Waals surface area contributed by atoms with Crippen LogP contribution in [0.4, 0.5) is 0 Å². The van der Waals surface area contributed by atoms with Gasteiger partial charge < -0.3 is 10.1 Å². The highest BCUT2D eigenvalue weighted by Gasteiger charge is 2.13. The first-order valence-corrected chi connectivity index (χ1v) is 4.36. The van der Waals surface area contributed by atoms with Crippen molar-refractivity contribution >= 4 is 12.4 Å². The van der Waals surface area contributed by atoms with Crippen molar-refractivity contribution in [2.24, 2.45) is 0 Å². The van der Waals surface area contributed by atoms with Crippen LogP contribution in [0, 0.1) is 0 Å². The second-order valence-electron chi connectivity index (χ2n) is 2.92. The van der Waals surface area contributed by atoms with Gasteiger partial charge in [-0.2, -0.15) is 0 Å². The number of allylic oxidation sites excluding steroid dienone is 1. The number of nitrogens with one attached hydrogen (secondary N) is 1. The first-order chi connectivity index (χ1) is 5.43. The molecule has 1 aliphatic rings. The molecule has 1 rings (SSSR count). The van der Waals surface area contributed by atoms with E-state index in [-0.39, 0.29) is 12.4 Å². The first kappa shape index (κ1) is 11.9. The van der Waals surface area contributed by atoms with E-state index in [1.807, 2.05) is 6.08 Å². The molecule has 0 aliphatic carbocycles. The molecule has 72 valence electrons. The van der Waals surface area contributed by atoms with Gasteiger partial charge in [0, 0.05) is 13.2 Å². The van der Waals surface area contributed by atoms with Crippen molar-refractivity contribution < 1.29 is 4.74 Å². The first-order valence-electron chi connectivity index (χ1n) is 4.36. The summed E-state index contributed by atoms with van der Waals surface area (Å²) in [6.45, 7) is 6.70. The van der Waals surface area contributed by atoms with E-state index in [2.05, 4.69) is 11.9 Å². The molecule has 1 fully saturated rings. The molecular formula is C9H18ClNO. The van der Waals surface area contributed by atoms with Crippen LogP contribution in [-0.2, 0) is 4.74 Å². The number of ether oxygens (including phenoxy) is 1. The third kappa shape index (κ3) is 4.75. The maximum atomic E-state index is 5.59. The minimum Gasteiger partial charge on any atom is -0.377 e. The number of unbranched alkanes of at least 4 members (excludes halogenated alkanes) is 1. The Morgan fingerprint density at radius 1 is 1.58 bits per heavy atom. The Bertz CT molecular complexity index is 113. The van der Waals surface area contributed by atoms with Gasteiger partial charge in [-0.15, -0.1) is 19.0 Å². The van der Waals surface area contributed by atoms with Gasteiger partial charge in [-0.25, -0.2) is 0 Å². The molecule has 2 nitrogen and oxygen atoms in total. The van der Waals surface area contributed by atoms with Crippen LogP contribution in [0.3, 0.4) is 0 Å². The minimum absolute atomic E-state index is 0. The summed E-state index contributed by atoms with van der Waals surface area (Å²) in [5, 5.41) is 3.27. The molecule has 1 aliphatic heterocycles. The van der Waals surface area contributed by atoms with Crippen LogP contribution in [-0.4, -0.2) is 25.8 Å². The maximum absolute atomic E-state index is 5.59. The largest absolute Gasteiger partial charge is 0.377 e. The Kier molecular flexibility index (Phi) is 7.56. The van der Waals surface area contributed by atoms with E-state index in [1.165, 1.54) is 6.42 Å². The van der Waals surface area contributed by atoms with Crippen molar-refractivity contribution in [1.82, 2.24) is 5.32 Å². The van der Waals surface area contributed by atoms with Gasteiger partial charge in [-0.1, -0.05) is 6.08 Å². The van der Waals surface area contributed by atoms with E-state index in [9.17, 15) is 0 Å². The zero-order chi connectivity index (χ0) is 7.94. The van der Waals surface area contributed by atoms with Gasteiger partial charge in [-0.3, -0.25) is 0 Å². The lowest BCUT2D eigenvalue weighted by atomic mass is 10.3. The van der Waals surface area contributed by atoms with Crippen molar-refractivity contribution in [2.45, 2.75) is 25.4 Å². The summed E-state index contributed by atoms with van der Waals surface area (Å²) in [6, 6.07) is 0. The lowest BCUT2D eigenvalue weighted by Crippen LogP contribution is -2.17. The van der Waals surface area contributed by atoms with E-state index in [0.717, 1.165) is 32.5 Å². The van der Waals surface area contributed by atoms with Crippen LogP contribution in [0.5, 0.6) is 0 Å². The Hall–Kier alpha value is -0.0500. The second-order valence-corrected chi connectivity index (χ2v) is 2.92. The molecule has 0 amide bonds. The molecule has 0 bridgehead atoms. The fourth-order valence-electron chi connectivity index (χ4n) is 1.25. The van der Waals surface area contributed by atoms with E-state index < -0.39 is 0 Å². The monoisotopic (exact) mass is 191 g/mol. The molecule has 0 aromatic heterocycles. The molecule has 1 heterocycles. The van der Waals surface area contributed by atoms with Crippen LogP contribution < -0.4 is 5.32 Å². The van der Waals surface area contributed by atoms with E-state index >= 15 is 0 Å². The van der Waals surface area contributed by atoms with Crippen molar-refractivity contribution in [3.8, 4) is 0 Å². The van der Waals surface area contributed by atoms with Gasteiger partial charge in [0.1, 0.15) is 0 Å². The lowest BCUT2D eigenvalue weighted by Gasteiger charge is -2.08. The molecule has 0 aromatic rings. The van der Waals surface area contributed by atoms with Crippen LogP contribution >= 0.6 is 12.4 Å².